The van der Waals surface area contributed by atoms with Gasteiger partial charge in [-0.25, -0.2) is 4.79 Å². The fourth-order valence-electron chi connectivity index (χ4n) is 4.67. The SMILES string of the molecule is Cn1c(=O)[nH]c(=O)c2c1nc(N1CCN(CCc3ccccc3)CC1)n2CCc1ccccc1. The van der Waals surface area contributed by atoms with Gasteiger partial charge in [-0.05, 0) is 24.0 Å². The third-order valence-electron chi connectivity index (χ3n) is 6.67. The molecule has 0 spiro atoms. The van der Waals surface area contributed by atoms with Gasteiger partial charge in [-0.2, -0.15) is 4.98 Å². The summed E-state index contributed by atoms with van der Waals surface area (Å²) in [6.07, 6.45) is 1.81. The molecule has 3 heterocycles. The van der Waals surface area contributed by atoms with Gasteiger partial charge in [0.15, 0.2) is 11.2 Å². The lowest BCUT2D eigenvalue weighted by Gasteiger charge is -2.35. The van der Waals surface area contributed by atoms with Gasteiger partial charge in [-0.15, -0.1) is 0 Å². The molecule has 5 rings (SSSR count). The Morgan fingerprint density at radius 3 is 2.03 bits per heavy atom. The quantitative estimate of drug-likeness (QED) is 0.459. The Morgan fingerprint density at radius 1 is 0.824 bits per heavy atom. The third-order valence-corrected chi connectivity index (χ3v) is 6.67. The highest BCUT2D eigenvalue weighted by atomic mass is 16.2. The number of benzene rings is 2. The van der Waals surface area contributed by atoms with Crippen LogP contribution in [-0.4, -0.2) is 56.7 Å². The zero-order chi connectivity index (χ0) is 23.5. The maximum absolute atomic E-state index is 12.8. The first-order valence-electron chi connectivity index (χ1n) is 11.8. The van der Waals surface area contributed by atoms with Crippen molar-refractivity contribution in [3.8, 4) is 0 Å². The van der Waals surface area contributed by atoms with Crippen molar-refractivity contribution in [1.82, 2.24) is 24.0 Å². The first-order valence-corrected chi connectivity index (χ1v) is 11.8. The van der Waals surface area contributed by atoms with Crippen molar-refractivity contribution in [3.05, 3.63) is 92.6 Å². The van der Waals surface area contributed by atoms with Crippen molar-refractivity contribution in [1.29, 1.82) is 0 Å². The molecule has 0 unspecified atom stereocenters. The van der Waals surface area contributed by atoms with Crippen molar-refractivity contribution in [2.24, 2.45) is 7.05 Å². The molecule has 0 saturated carbocycles. The molecule has 0 radical (unpaired) electrons. The summed E-state index contributed by atoms with van der Waals surface area (Å²) in [5, 5.41) is 0. The average Bonchev–Trinajstić information content (AvgIpc) is 3.27. The molecule has 8 heteroatoms. The number of rotatable bonds is 7. The number of piperazine rings is 1. The first kappa shape index (κ1) is 22.2. The van der Waals surface area contributed by atoms with E-state index in [4.69, 9.17) is 4.98 Å². The second-order valence-electron chi connectivity index (χ2n) is 8.85. The van der Waals surface area contributed by atoms with Crippen LogP contribution in [0.4, 0.5) is 5.95 Å². The predicted molar refractivity (Wildman–Crippen MR) is 135 cm³/mol. The summed E-state index contributed by atoms with van der Waals surface area (Å²) in [5.74, 6) is 0.764. The molecule has 0 bridgehead atoms. The zero-order valence-electron chi connectivity index (χ0n) is 19.5. The van der Waals surface area contributed by atoms with Crippen molar-refractivity contribution in [2.75, 3.05) is 37.6 Å². The largest absolute Gasteiger partial charge is 0.340 e. The Hall–Kier alpha value is -3.65. The van der Waals surface area contributed by atoms with Gasteiger partial charge in [0, 0.05) is 46.3 Å². The molecule has 4 aromatic rings. The van der Waals surface area contributed by atoms with Crippen molar-refractivity contribution >= 4 is 17.1 Å². The third kappa shape index (κ3) is 4.54. The number of aromatic nitrogens is 4. The fourth-order valence-corrected chi connectivity index (χ4v) is 4.67. The smallest absolute Gasteiger partial charge is 0.329 e. The molecule has 1 aliphatic rings. The maximum atomic E-state index is 12.8. The number of hydrogen-bond acceptors (Lipinski definition) is 5. The molecule has 176 valence electrons. The topological polar surface area (TPSA) is 79.2 Å². The number of fused-ring (bicyclic) bond motifs is 1. The molecule has 0 amide bonds. The van der Waals surface area contributed by atoms with Crippen LogP contribution < -0.4 is 16.1 Å². The Balaban J connectivity index is 1.38. The molecule has 1 fully saturated rings. The minimum atomic E-state index is -0.442. The fraction of sp³-hybridized carbons (Fsp3) is 0.346. The van der Waals surface area contributed by atoms with E-state index in [0.29, 0.717) is 17.7 Å². The van der Waals surface area contributed by atoms with Crippen LogP contribution in [0, 0.1) is 0 Å². The van der Waals surface area contributed by atoms with E-state index < -0.39 is 5.69 Å². The Bertz CT molecular complexity index is 1370. The van der Waals surface area contributed by atoms with E-state index in [9.17, 15) is 9.59 Å². The summed E-state index contributed by atoms with van der Waals surface area (Å²) < 4.78 is 3.41. The highest BCUT2D eigenvalue weighted by Gasteiger charge is 2.24. The van der Waals surface area contributed by atoms with E-state index in [-0.39, 0.29) is 5.56 Å². The number of aromatic amines is 1. The second kappa shape index (κ2) is 9.69. The van der Waals surface area contributed by atoms with Crippen molar-refractivity contribution in [2.45, 2.75) is 19.4 Å². The minimum Gasteiger partial charge on any atom is -0.340 e. The van der Waals surface area contributed by atoms with E-state index in [0.717, 1.165) is 51.5 Å². The van der Waals surface area contributed by atoms with Gasteiger partial charge in [0.2, 0.25) is 5.95 Å². The number of hydrogen-bond donors (Lipinski definition) is 1. The van der Waals surface area contributed by atoms with Gasteiger partial charge in [0.1, 0.15) is 0 Å². The molecule has 8 nitrogen and oxygen atoms in total. The van der Waals surface area contributed by atoms with Crippen LogP contribution >= 0.6 is 0 Å². The summed E-state index contributed by atoms with van der Waals surface area (Å²) in [6, 6.07) is 20.8. The number of nitrogens with one attached hydrogen (secondary N) is 1. The average molecular weight is 459 g/mol. The summed E-state index contributed by atoms with van der Waals surface area (Å²) in [7, 11) is 1.65. The molecular formula is C26H30N6O2. The first-order chi connectivity index (χ1) is 16.6. The number of imidazole rings is 1. The molecule has 0 atom stereocenters. The van der Waals surface area contributed by atoms with Crippen LogP contribution in [0.5, 0.6) is 0 Å². The molecule has 2 aromatic carbocycles. The van der Waals surface area contributed by atoms with Crippen molar-refractivity contribution in [3.63, 3.8) is 0 Å². The van der Waals surface area contributed by atoms with Crippen LogP contribution in [-0.2, 0) is 26.4 Å². The van der Waals surface area contributed by atoms with Gasteiger partial charge >= 0.3 is 5.69 Å². The van der Waals surface area contributed by atoms with Crippen LogP contribution in [0.1, 0.15) is 11.1 Å². The van der Waals surface area contributed by atoms with E-state index >= 15 is 0 Å². The van der Waals surface area contributed by atoms with Gasteiger partial charge in [0.05, 0.1) is 0 Å². The van der Waals surface area contributed by atoms with E-state index in [1.165, 1.54) is 15.7 Å². The molecule has 1 saturated heterocycles. The molecule has 2 aromatic heterocycles. The monoisotopic (exact) mass is 458 g/mol. The summed E-state index contributed by atoms with van der Waals surface area (Å²) in [6.45, 7) is 5.17. The number of H-pyrrole nitrogens is 1. The molecular weight excluding hydrogens is 428 g/mol. The Morgan fingerprint density at radius 2 is 1.41 bits per heavy atom. The van der Waals surface area contributed by atoms with Crippen molar-refractivity contribution < 1.29 is 0 Å². The minimum absolute atomic E-state index is 0.383. The summed E-state index contributed by atoms with van der Waals surface area (Å²) in [4.78, 5) is 37.0. The molecule has 0 aliphatic carbocycles. The van der Waals surface area contributed by atoms with E-state index in [1.807, 2.05) is 28.8 Å². The highest BCUT2D eigenvalue weighted by molar-refractivity contribution is 5.74. The predicted octanol–water partition coefficient (Wildman–Crippen LogP) is 2.03. The van der Waals surface area contributed by atoms with Crippen LogP contribution in [0.15, 0.2) is 70.3 Å². The summed E-state index contributed by atoms with van der Waals surface area (Å²) >= 11 is 0. The maximum Gasteiger partial charge on any atom is 0.329 e. The number of nitrogens with zero attached hydrogens (tertiary/aromatic N) is 5. The van der Waals surface area contributed by atoms with Crippen LogP contribution in [0.3, 0.4) is 0 Å². The lowest BCUT2D eigenvalue weighted by molar-refractivity contribution is 0.259. The number of anilines is 1. The molecule has 1 aliphatic heterocycles. The van der Waals surface area contributed by atoms with Gasteiger partial charge < -0.3 is 9.47 Å². The van der Waals surface area contributed by atoms with E-state index in [1.54, 1.807) is 7.05 Å². The lowest BCUT2D eigenvalue weighted by Crippen LogP contribution is -2.47. The Labute approximate surface area is 198 Å². The number of aryl methyl sites for hydroxylation is 3. The summed E-state index contributed by atoms with van der Waals surface area (Å²) in [5.41, 5.74) is 2.62. The standard InChI is InChI=1S/C26H30N6O2/c1-29-23-22(24(33)28-26(29)34)32(15-13-21-10-6-3-7-11-21)25(27-23)31-18-16-30(17-19-31)14-12-20-8-4-2-5-9-20/h2-11H,12-19H2,1H3,(H,28,33,34). The van der Waals surface area contributed by atoms with Crippen LogP contribution in [0.25, 0.3) is 11.2 Å². The van der Waals surface area contributed by atoms with Gasteiger partial charge in [-0.3, -0.25) is 19.2 Å². The Kier molecular flexibility index (Phi) is 6.31. The second-order valence-corrected chi connectivity index (χ2v) is 8.85. The zero-order valence-corrected chi connectivity index (χ0v) is 19.5. The van der Waals surface area contributed by atoms with E-state index in [2.05, 4.69) is 51.2 Å². The normalized spacial score (nSPS) is 14.7. The molecule has 1 N–H and O–H groups in total. The van der Waals surface area contributed by atoms with Gasteiger partial charge in [0.25, 0.3) is 5.56 Å². The highest BCUT2D eigenvalue weighted by Crippen LogP contribution is 2.22. The van der Waals surface area contributed by atoms with Crippen LogP contribution in [0.2, 0.25) is 0 Å². The lowest BCUT2D eigenvalue weighted by atomic mass is 10.1. The van der Waals surface area contributed by atoms with Gasteiger partial charge in [-0.1, -0.05) is 60.7 Å². The molecule has 34 heavy (non-hydrogen) atoms.